The van der Waals surface area contributed by atoms with Crippen LogP contribution in [0.3, 0.4) is 0 Å². The number of hydrogen-bond acceptors (Lipinski definition) is 3. The second-order valence-corrected chi connectivity index (χ2v) is 10.1. The third-order valence-corrected chi connectivity index (χ3v) is 7.40. The van der Waals surface area contributed by atoms with Gasteiger partial charge < -0.3 is 15.0 Å². The number of fused-ring (bicyclic) bond motifs is 1. The summed E-state index contributed by atoms with van der Waals surface area (Å²) in [7, 11) is 0. The molecule has 3 aromatic rings. The molecule has 5 nitrogen and oxygen atoms in total. The van der Waals surface area contributed by atoms with Crippen molar-refractivity contribution in [1.29, 1.82) is 0 Å². The van der Waals surface area contributed by atoms with E-state index in [1.165, 1.54) is 24.8 Å². The molecular formula is C33H40N2O3. The maximum absolute atomic E-state index is 13.8. The first-order chi connectivity index (χ1) is 18.5. The number of hydrogen-bond donors (Lipinski definition) is 1. The van der Waals surface area contributed by atoms with Gasteiger partial charge >= 0.3 is 0 Å². The Morgan fingerprint density at radius 1 is 0.921 bits per heavy atom. The number of aryl methyl sites for hydroxylation is 1. The van der Waals surface area contributed by atoms with E-state index in [0.717, 1.165) is 36.1 Å². The lowest BCUT2D eigenvalue weighted by molar-refractivity contribution is -0.121. The van der Waals surface area contributed by atoms with Crippen LogP contribution in [0, 0.1) is 0 Å². The molecule has 5 heteroatoms. The van der Waals surface area contributed by atoms with Crippen LogP contribution < -0.4 is 10.1 Å². The number of amides is 2. The Morgan fingerprint density at radius 3 is 2.37 bits per heavy atom. The van der Waals surface area contributed by atoms with Crippen LogP contribution in [-0.2, 0) is 24.2 Å². The van der Waals surface area contributed by atoms with E-state index in [0.29, 0.717) is 24.3 Å². The van der Waals surface area contributed by atoms with Crippen LogP contribution in [0.25, 0.3) is 0 Å². The van der Waals surface area contributed by atoms with E-state index in [1.54, 1.807) is 17.0 Å². The van der Waals surface area contributed by atoms with E-state index in [2.05, 4.69) is 38.2 Å². The first-order valence-corrected chi connectivity index (χ1v) is 14.1. The lowest BCUT2D eigenvalue weighted by Gasteiger charge is -2.36. The maximum atomic E-state index is 13.8. The van der Waals surface area contributed by atoms with Gasteiger partial charge in [0.2, 0.25) is 5.91 Å². The fraction of sp³-hybridized carbons (Fsp3) is 0.394. The number of nitrogens with zero attached hydrogens (tertiary/aromatic N) is 1. The molecule has 1 heterocycles. The lowest BCUT2D eigenvalue weighted by Crippen LogP contribution is -2.50. The highest BCUT2D eigenvalue weighted by Gasteiger charge is 2.35. The van der Waals surface area contributed by atoms with Gasteiger partial charge in [0.1, 0.15) is 11.8 Å². The molecule has 0 radical (unpaired) electrons. The van der Waals surface area contributed by atoms with Crippen molar-refractivity contribution in [3.8, 4) is 5.75 Å². The van der Waals surface area contributed by atoms with Crippen molar-refractivity contribution >= 4 is 17.5 Å². The summed E-state index contributed by atoms with van der Waals surface area (Å²) < 4.78 is 6.09. The van der Waals surface area contributed by atoms with Crippen molar-refractivity contribution in [1.82, 2.24) is 4.90 Å². The normalized spacial score (nSPS) is 14.7. The highest BCUT2D eigenvalue weighted by atomic mass is 16.5. The van der Waals surface area contributed by atoms with Crippen molar-refractivity contribution in [3.05, 3.63) is 95.1 Å². The number of unbranched alkanes of at least 4 members (excludes halogenated alkanes) is 2. The fourth-order valence-corrected chi connectivity index (χ4v) is 5.05. The zero-order valence-corrected chi connectivity index (χ0v) is 22.9. The van der Waals surface area contributed by atoms with Gasteiger partial charge in [-0.05, 0) is 72.7 Å². The summed E-state index contributed by atoms with van der Waals surface area (Å²) in [6.07, 6.45) is 7.03. The van der Waals surface area contributed by atoms with Crippen LogP contribution in [0.5, 0.6) is 5.75 Å². The topological polar surface area (TPSA) is 58.6 Å². The first-order valence-electron chi connectivity index (χ1n) is 14.1. The van der Waals surface area contributed by atoms with Crippen molar-refractivity contribution < 1.29 is 14.3 Å². The predicted molar refractivity (Wildman–Crippen MR) is 154 cm³/mol. The highest BCUT2D eigenvalue weighted by molar-refractivity contribution is 6.01. The minimum atomic E-state index is -0.606. The molecule has 4 rings (SSSR count). The largest absolute Gasteiger partial charge is 0.490 e. The molecule has 0 unspecified atom stereocenters. The molecule has 0 bridgehead atoms. The molecule has 38 heavy (non-hydrogen) atoms. The number of nitrogens with one attached hydrogen (secondary N) is 1. The molecule has 1 atom stereocenters. The molecule has 1 aliphatic rings. The Labute approximate surface area is 227 Å². The number of anilines is 1. The minimum Gasteiger partial charge on any atom is -0.490 e. The summed E-state index contributed by atoms with van der Waals surface area (Å²) in [4.78, 5) is 29.1. The molecule has 200 valence electrons. The van der Waals surface area contributed by atoms with E-state index in [1.807, 2.05) is 48.5 Å². The van der Waals surface area contributed by atoms with Gasteiger partial charge in [0.15, 0.2) is 0 Å². The highest BCUT2D eigenvalue weighted by Crippen LogP contribution is 2.27. The van der Waals surface area contributed by atoms with Gasteiger partial charge in [0.05, 0.1) is 6.10 Å². The Bertz CT molecular complexity index is 1220. The monoisotopic (exact) mass is 512 g/mol. The van der Waals surface area contributed by atoms with Gasteiger partial charge in [-0.2, -0.15) is 0 Å². The van der Waals surface area contributed by atoms with E-state index < -0.39 is 6.04 Å². The minimum absolute atomic E-state index is 0.110. The zero-order valence-electron chi connectivity index (χ0n) is 22.9. The summed E-state index contributed by atoms with van der Waals surface area (Å²) in [6, 6.07) is 22.9. The van der Waals surface area contributed by atoms with Crippen molar-refractivity contribution in [2.24, 2.45) is 0 Å². The number of carbonyl (C=O) groups excluding carboxylic acids is 2. The SMILES string of the molecule is CCCCCc1ccc(NC(=O)[C@@H]2Cc3ccccc3CN2C(=O)c2cccc(OC(CC)CC)c2)cc1. The van der Waals surface area contributed by atoms with Gasteiger partial charge in [0, 0.05) is 24.2 Å². The molecule has 0 saturated carbocycles. The third kappa shape index (κ3) is 6.83. The molecule has 0 saturated heterocycles. The van der Waals surface area contributed by atoms with E-state index in [4.69, 9.17) is 4.74 Å². The predicted octanol–water partition coefficient (Wildman–Crippen LogP) is 7.19. The molecule has 2 amide bonds. The average Bonchev–Trinajstić information content (AvgIpc) is 2.96. The van der Waals surface area contributed by atoms with E-state index in [-0.39, 0.29) is 17.9 Å². The molecular weight excluding hydrogens is 472 g/mol. The first kappa shape index (κ1) is 27.4. The Balaban J connectivity index is 1.54. The smallest absolute Gasteiger partial charge is 0.254 e. The van der Waals surface area contributed by atoms with Gasteiger partial charge in [-0.3, -0.25) is 9.59 Å². The van der Waals surface area contributed by atoms with Crippen molar-refractivity contribution in [2.75, 3.05) is 5.32 Å². The fourth-order valence-electron chi connectivity index (χ4n) is 5.05. The molecule has 1 aliphatic heterocycles. The molecule has 1 N–H and O–H groups in total. The van der Waals surface area contributed by atoms with E-state index in [9.17, 15) is 9.59 Å². The number of benzene rings is 3. The summed E-state index contributed by atoms with van der Waals surface area (Å²) in [5, 5.41) is 3.07. The summed E-state index contributed by atoms with van der Waals surface area (Å²) in [5.74, 6) is 0.346. The zero-order chi connectivity index (χ0) is 26.9. The van der Waals surface area contributed by atoms with Gasteiger partial charge in [-0.25, -0.2) is 0 Å². The quantitative estimate of drug-likeness (QED) is 0.277. The lowest BCUT2D eigenvalue weighted by atomic mass is 9.92. The van der Waals surface area contributed by atoms with Crippen LogP contribution in [0.4, 0.5) is 5.69 Å². The van der Waals surface area contributed by atoms with Crippen LogP contribution in [-0.4, -0.2) is 28.9 Å². The third-order valence-electron chi connectivity index (χ3n) is 7.40. The Morgan fingerprint density at radius 2 is 1.66 bits per heavy atom. The second-order valence-electron chi connectivity index (χ2n) is 10.1. The Hall–Kier alpha value is -3.60. The number of carbonyl (C=O) groups is 2. The molecule has 0 aromatic heterocycles. The summed E-state index contributed by atoms with van der Waals surface area (Å²) in [5.41, 5.74) is 4.73. The second kappa shape index (κ2) is 13.3. The standard InChI is InChI=1S/C33H40N2O3/c1-4-7-8-12-24-17-19-28(20-18-24)34-32(36)31-22-25-13-9-10-14-27(25)23-35(31)33(37)26-15-11-16-30(21-26)38-29(5-2)6-3/h9-11,13-21,29,31H,4-8,12,22-23H2,1-3H3,(H,34,36)/t31-/m0/s1. The molecule has 0 spiro atoms. The summed E-state index contributed by atoms with van der Waals surface area (Å²) >= 11 is 0. The Kier molecular flexibility index (Phi) is 9.58. The van der Waals surface area contributed by atoms with Gasteiger partial charge in [0.25, 0.3) is 5.91 Å². The molecule has 3 aromatic carbocycles. The van der Waals surface area contributed by atoms with E-state index >= 15 is 0 Å². The average molecular weight is 513 g/mol. The van der Waals surface area contributed by atoms with Crippen LogP contribution in [0.2, 0.25) is 0 Å². The number of rotatable bonds is 11. The maximum Gasteiger partial charge on any atom is 0.254 e. The van der Waals surface area contributed by atoms with Crippen molar-refractivity contribution in [3.63, 3.8) is 0 Å². The van der Waals surface area contributed by atoms with Crippen molar-refractivity contribution in [2.45, 2.75) is 84.4 Å². The van der Waals surface area contributed by atoms with Gasteiger partial charge in [-0.15, -0.1) is 0 Å². The molecule has 0 aliphatic carbocycles. The van der Waals surface area contributed by atoms with Gasteiger partial charge in [-0.1, -0.05) is 76.1 Å². The van der Waals surface area contributed by atoms with Crippen LogP contribution in [0.1, 0.15) is 79.9 Å². The summed E-state index contributed by atoms with van der Waals surface area (Å²) in [6.45, 7) is 6.78. The van der Waals surface area contributed by atoms with Crippen LogP contribution in [0.15, 0.2) is 72.8 Å². The number of ether oxygens (including phenoxy) is 1. The van der Waals surface area contributed by atoms with Crippen LogP contribution >= 0.6 is 0 Å². The molecule has 0 fully saturated rings.